The topological polar surface area (TPSA) is 0 Å². The fourth-order valence-electron chi connectivity index (χ4n) is 0.725. The summed E-state index contributed by atoms with van der Waals surface area (Å²) in [5, 5.41) is 0. The normalized spacial score (nSPS) is 11.9. The quantitative estimate of drug-likeness (QED) is 0.541. The molecule has 0 fully saturated rings. The molecule has 0 aliphatic carbocycles. The molecule has 0 aromatic carbocycles. The SMILES string of the molecule is C/C=C/C=C(/C=C/C)CC.CC. The molecule has 0 unspecified atom stereocenters. The first-order valence-electron chi connectivity index (χ1n) is 4.79. The van der Waals surface area contributed by atoms with Gasteiger partial charge in [0.25, 0.3) is 0 Å². The Bertz CT molecular complexity index is 147. The maximum absolute atomic E-state index is 2.16. The summed E-state index contributed by atoms with van der Waals surface area (Å²) in [6, 6.07) is 0. The third kappa shape index (κ3) is 9.22. The molecule has 0 aromatic heterocycles. The van der Waals surface area contributed by atoms with E-state index in [9.17, 15) is 0 Å². The lowest BCUT2D eigenvalue weighted by molar-refractivity contribution is 1.15. The lowest BCUT2D eigenvalue weighted by Crippen LogP contribution is -1.70. The third-order valence-corrected chi connectivity index (χ3v) is 1.29. The second-order valence-corrected chi connectivity index (χ2v) is 2.12. The largest absolute Gasteiger partial charge is 0.0877 e. The van der Waals surface area contributed by atoms with Gasteiger partial charge in [-0.2, -0.15) is 0 Å². The number of rotatable bonds is 3. The molecule has 0 saturated heterocycles. The van der Waals surface area contributed by atoms with E-state index in [0.29, 0.717) is 0 Å². The molecule has 0 spiro atoms. The molecule has 0 radical (unpaired) electrons. The van der Waals surface area contributed by atoms with Crippen molar-refractivity contribution < 1.29 is 0 Å². The highest BCUT2D eigenvalue weighted by Crippen LogP contribution is 2.01. The molecule has 0 aliphatic heterocycles. The van der Waals surface area contributed by atoms with Crippen LogP contribution >= 0.6 is 0 Å². The predicted octanol–water partition coefficient (Wildman–Crippen LogP) is 4.50. The third-order valence-electron chi connectivity index (χ3n) is 1.29. The summed E-state index contributed by atoms with van der Waals surface area (Å²) in [6.45, 7) is 10.2. The zero-order valence-corrected chi connectivity index (χ0v) is 9.09. The fourth-order valence-corrected chi connectivity index (χ4v) is 0.725. The molecular formula is C12H22. The average Bonchev–Trinajstić information content (AvgIpc) is 2.15. The van der Waals surface area contributed by atoms with Crippen LogP contribution in [0.3, 0.4) is 0 Å². The first-order chi connectivity index (χ1) is 5.85. The number of hydrogen-bond acceptors (Lipinski definition) is 0. The van der Waals surface area contributed by atoms with Crippen molar-refractivity contribution in [1.82, 2.24) is 0 Å². The van der Waals surface area contributed by atoms with Gasteiger partial charge in [0.2, 0.25) is 0 Å². The highest BCUT2D eigenvalue weighted by Gasteiger charge is 1.81. The average molecular weight is 166 g/mol. The number of hydrogen-bond donors (Lipinski definition) is 0. The lowest BCUT2D eigenvalue weighted by Gasteiger charge is -1.91. The Morgan fingerprint density at radius 3 is 2.00 bits per heavy atom. The van der Waals surface area contributed by atoms with Crippen LogP contribution in [-0.2, 0) is 0 Å². The zero-order chi connectivity index (χ0) is 9.82. The van der Waals surface area contributed by atoms with Crippen molar-refractivity contribution in [3.8, 4) is 0 Å². The molecule has 0 rings (SSSR count). The van der Waals surface area contributed by atoms with E-state index < -0.39 is 0 Å². The van der Waals surface area contributed by atoms with Crippen molar-refractivity contribution in [2.75, 3.05) is 0 Å². The van der Waals surface area contributed by atoms with E-state index >= 15 is 0 Å². The van der Waals surface area contributed by atoms with Gasteiger partial charge in [0.05, 0.1) is 0 Å². The molecule has 12 heavy (non-hydrogen) atoms. The molecular weight excluding hydrogens is 144 g/mol. The fraction of sp³-hybridized carbons (Fsp3) is 0.500. The van der Waals surface area contributed by atoms with Gasteiger partial charge in [0, 0.05) is 0 Å². The Kier molecular flexibility index (Phi) is 14.8. The van der Waals surface area contributed by atoms with Gasteiger partial charge in [-0.15, -0.1) is 0 Å². The summed E-state index contributed by atoms with van der Waals surface area (Å²) >= 11 is 0. The van der Waals surface area contributed by atoms with Gasteiger partial charge in [0.1, 0.15) is 0 Å². The van der Waals surface area contributed by atoms with E-state index in [1.807, 2.05) is 33.8 Å². The molecule has 0 heteroatoms. The molecule has 0 heterocycles. The summed E-state index contributed by atoms with van der Waals surface area (Å²) in [6.07, 6.45) is 11.6. The highest BCUT2D eigenvalue weighted by molar-refractivity contribution is 5.22. The lowest BCUT2D eigenvalue weighted by atomic mass is 10.2. The zero-order valence-electron chi connectivity index (χ0n) is 9.09. The minimum absolute atomic E-state index is 1.11. The number of allylic oxidation sites excluding steroid dienone is 6. The highest BCUT2D eigenvalue weighted by atomic mass is 13.9. The molecule has 0 nitrogen and oxygen atoms in total. The van der Waals surface area contributed by atoms with E-state index in [-0.39, 0.29) is 0 Å². The first-order valence-corrected chi connectivity index (χ1v) is 4.79. The molecule has 0 N–H and O–H groups in total. The summed E-state index contributed by atoms with van der Waals surface area (Å²) in [5.41, 5.74) is 1.38. The Morgan fingerprint density at radius 1 is 1.08 bits per heavy atom. The van der Waals surface area contributed by atoms with Crippen molar-refractivity contribution in [3.05, 3.63) is 36.0 Å². The summed E-state index contributed by atoms with van der Waals surface area (Å²) < 4.78 is 0. The summed E-state index contributed by atoms with van der Waals surface area (Å²) in [7, 11) is 0. The molecule has 0 bridgehead atoms. The molecule has 0 aromatic rings. The minimum atomic E-state index is 1.11. The molecule has 0 amide bonds. The maximum atomic E-state index is 2.16. The molecule has 0 atom stereocenters. The second-order valence-electron chi connectivity index (χ2n) is 2.12. The van der Waals surface area contributed by atoms with Crippen LogP contribution in [0.1, 0.15) is 41.0 Å². The van der Waals surface area contributed by atoms with Gasteiger partial charge in [-0.3, -0.25) is 0 Å². The minimum Gasteiger partial charge on any atom is -0.0877 e. The van der Waals surface area contributed by atoms with Crippen LogP contribution in [0.5, 0.6) is 0 Å². The van der Waals surface area contributed by atoms with Crippen molar-refractivity contribution in [1.29, 1.82) is 0 Å². The van der Waals surface area contributed by atoms with Crippen molar-refractivity contribution in [2.45, 2.75) is 41.0 Å². The Balaban J connectivity index is 0. The first kappa shape index (κ1) is 13.8. The Morgan fingerprint density at radius 2 is 1.67 bits per heavy atom. The van der Waals surface area contributed by atoms with Crippen molar-refractivity contribution >= 4 is 0 Å². The predicted molar refractivity (Wildman–Crippen MR) is 59.4 cm³/mol. The maximum Gasteiger partial charge on any atom is -0.0308 e. The van der Waals surface area contributed by atoms with E-state index in [1.165, 1.54) is 5.57 Å². The van der Waals surface area contributed by atoms with Crippen LogP contribution in [0.4, 0.5) is 0 Å². The molecule has 0 saturated carbocycles. The van der Waals surface area contributed by atoms with Gasteiger partial charge >= 0.3 is 0 Å². The summed E-state index contributed by atoms with van der Waals surface area (Å²) in [4.78, 5) is 0. The van der Waals surface area contributed by atoms with Gasteiger partial charge in [-0.05, 0) is 25.8 Å². The van der Waals surface area contributed by atoms with E-state index in [0.717, 1.165) is 6.42 Å². The van der Waals surface area contributed by atoms with Crippen molar-refractivity contribution in [2.24, 2.45) is 0 Å². The van der Waals surface area contributed by atoms with Gasteiger partial charge in [0.15, 0.2) is 0 Å². The second kappa shape index (κ2) is 12.9. The van der Waals surface area contributed by atoms with Crippen LogP contribution in [-0.4, -0.2) is 0 Å². The van der Waals surface area contributed by atoms with Gasteiger partial charge < -0.3 is 0 Å². The standard InChI is InChI=1S/C10H16.C2H6/c1-4-7-9-10(6-3)8-5-2;1-2/h4-5,7-9H,6H2,1-3H3;1-2H3/b7-4+,8-5+,10-9+;. The van der Waals surface area contributed by atoms with Crippen LogP contribution in [0.2, 0.25) is 0 Å². The summed E-state index contributed by atoms with van der Waals surface area (Å²) in [5.74, 6) is 0. The van der Waals surface area contributed by atoms with Gasteiger partial charge in [-0.25, -0.2) is 0 Å². The monoisotopic (exact) mass is 166 g/mol. The van der Waals surface area contributed by atoms with E-state index in [1.54, 1.807) is 0 Å². The Hall–Kier alpha value is -0.780. The van der Waals surface area contributed by atoms with Crippen LogP contribution in [0.25, 0.3) is 0 Å². The van der Waals surface area contributed by atoms with E-state index in [4.69, 9.17) is 0 Å². The van der Waals surface area contributed by atoms with Crippen LogP contribution in [0, 0.1) is 0 Å². The van der Waals surface area contributed by atoms with E-state index in [2.05, 4.69) is 31.2 Å². The smallest absolute Gasteiger partial charge is 0.0308 e. The Labute approximate surface area is 77.7 Å². The van der Waals surface area contributed by atoms with Crippen LogP contribution in [0.15, 0.2) is 36.0 Å². The molecule has 0 aliphatic rings. The van der Waals surface area contributed by atoms with Crippen molar-refractivity contribution in [3.63, 3.8) is 0 Å². The van der Waals surface area contributed by atoms with Crippen LogP contribution < -0.4 is 0 Å². The van der Waals surface area contributed by atoms with Gasteiger partial charge in [-0.1, -0.05) is 51.2 Å². The molecule has 70 valence electrons.